The Kier molecular flexibility index (Phi) is 9.20. The zero-order valence-corrected chi connectivity index (χ0v) is 24.4. The number of hydrogen-bond acceptors (Lipinski definition) is 9. The van der Waals surface area contributed by atoms with E-state index in [2.05, 4.69) is 19.2 Å². The summed E-state index contributed by atoms with van der Waals surface area (Å²) in [5, 5.41) is 14.1. The highest BCUT2D eigenvalue weighted by Gasteiger charge is 2.27. The summed E-state index contributed by atoms with van der Waals surface area (Å²) in [4.78, 5) is 45.0. The van der Waals surface area contributed by atoms with Gasteiger partial charge in [0.05, 0.1) is 42.2 Å². The highest BCUT2D eigenvalue weighted by atomic mass is 16.6. The number of piperazine rings is 1. The third-order valence-electron chi connectivity index (χ3n) is 7.48. The van der Waals surface area contributed by atoms with Crippen LogP contribution in [0, 0.1) is 5.92 Å². The van der Waals surface area contributed by atoms with Crippen LogP contribution in [0.2, 0.25) is 0 Å². The normalized spacial score (nSPS) is 14.3. The SMILES string of the molecule is CCCC(=O)OCc1c(CO)cc2n(c1=O)Cc1cc3c(COCC(C)C)c(OC(=O)N4CCNCC4)ccc3nc1-2. The van der Waals surface area contributed by atoms with E-state index < -0.39 is 6.09 Å². The van der Waals surface area contributed by atoms with Crippen LogP contribution in [-0.2, 0) is 40.6 Å². The first-order valence-electron chi connectivity index (χ1n) is 14.5. The standard InChI is InChI=1S/C31H38N4O7/c1-4-5-28(37)41-18-23-21(15-36)13-26-29-20(14-35(26)30(23)38)12-22-24(17-40-16-19(2)3)27(7-6-25(22)33-29)42-31(39)34-10-8-32-9-11-34/h6-7,12-13,19,32,36H,4-5,8-11,14-18H2,1-3H3. The first-order valence-corrected chi connectivity index (χ1v) is 14.5. The molecule has 42 heavy (non-hydrogen) atoms. The lowest BCUT2D eigenvalue weighted by molar-refractivity contribution is -0.145. The maximum absolute atomic E-state index is 13.5. The molecule has 1 saturated heterocycles. The molecule has 2 aromatic heterocycles. The fourth-order valence-electron chi connectivity index (χ4n) is 5.30. The number of aliphatic hydroxyl groups is 1. The molecule has 2 aliphatic rings. The molecule has 4 heterocycles. The number of nitrogens with one attached hydrogen (secondary N) is 1. The minimum atomic E-state index is -0.405. The van der Waals surface area contributed by atoms with E-state index in [1.54, 1.807) is 27.7 Å². The Hall–Kier alpha value is -3.80. The van der Waals surface area contributed by atoms with Gasteiger partial charge in [-0.25, -0.2) is 9.78 Å². The van der Waals surface area contributed by atoms with Crippen molar-refractivity contribution in [3.8, 4) is 17.1 Å². The summed E-state index contributed by atoms with van der Waals surface area (Å²) in [6, 6.07) is 7.26. The molecular formula is C31H38N4O7. The molecule has 1 fully saturated rings. The zero-order chi connectivity index (χ0) is 29.8. The molecule has 11 heteroatoms. The number of carbonyl (C=O) groups excluding carboxylic acids is 2. The average molecular weight is 579 g/mol. The highest BCUT2D eigenvalue weighted by Crippen LogP contribution is 2.36. The van der Waals surface area contributed by atoms with Gasteiger partial charge in [-0.1, -0.05) is 20.8 Å². The van der Waals surface area contributed by atoms with E-state index in [0.717, 1.165) is 16.5 Å². The number of nitrogens with zero attached hydrogens (tertiary/aromatic N) is 3. The molecule has 0 bridgehead atoms. The number of esters is 1. The van der Waals surface area contributed by atoms with E-state index in [4.69, 9.17) is 19.2 Å². The summed E-state index contributed by atoms with van der Waals surface area (Å²) < 4.78 is 18.8. The molecule has 2 aliphatic heterocycles. The van der Waals surface area contributed by atoms with Gasteiger partial charge >= 0.3 is 12.1 Å². The Bertz CT molecular complexity index is 1540. The second-order valence-corrected chi connectivity index (χ2v) is 11.1. The summed E-state index contributed by atoms with van der Waals surface area (Å²) in [5.41, 5.74) is 3.78. The van der Waals surface area contributed by atoms with E-state index in [-0.39, 0.29) is 49.9 Å². The number of fused-ring (bicyclic) bond motifs is 4. The van der Waals surface area contributed by atoms with Gasteiger partial charge in [0.25, 0.3) is 5.56 Å². The first kappa shape index (κ1) is 29.7. The Labute approximate surface area is 244 Å². The summed E-state index contributed by atoms with van der Waals surface area (Å²) >= 11 is 0. The predicted molar refractivity (Wildman–Crippen MR) is 156 cm³/mol. The highest BCUT2D eigenvalue weighted by molar-refractivity contribution is 5.89. The maximum atomic E-state index is 13.5. The second-order valence-electron chi connectivity index (χ2n) is 11.1. The largest absolute Gasteiger partial charge is 0.461 e. The van der Waals surface area contributed by atoms with Gasteiger partial charge in [-0.2, -0.15) is 0 Å². The van der Waals surface area contributed by atoms with Crippen molar-refractivity contribution in [3.05, 3.63) is 56.9 Å². The van der Waals surface area contributed by atoms with E-state index in [9.17, 15) is 19.5 Å². The molecule has 0 atom stereocenters. The van der Waals surface area contributed by atoms with E-state index in [1.165, 1.54) is 0 Å². The van der Waals surface area contributed by atoms with Crippen molar-refractivity contribution < 1.29 is 28.9 Å². The maximum Gasteiger partial charge on any atom is 0.415 e. The van der Waals surface area contributed by atoms with Gasteiger partial charge in [-0.15, -0.1) is 0 Å². The summed E-state index contributed by atoms with van der Waals surface area (Å²) in [5.74, 6) is 0.359. The van der Waals surface area contributed by atoms with Gasteiger partial charge in [0.15, 0.2) is 0 Å². The fraction of sp³-hybridized carbons (Fsp3) is 0.484. The van der Waals surface area contributed by atoms with Crippen LogP contribution < -0.4 is 15.6 Å². The number of rotatable bonds is 10. The zero-order valence-electron chi connectivity index (χ0n) is 24.4. The van der Waals surface area contributed by atoms with Crippen LogP contribution in [0.4, 0.5) is 4.79 Å². The van der Waals surface area contributed by atoms with Crippen molar-refractivity contribution in [1.82, 2.24) is 19.8 Å². The molecule has 2 N–H and O–H groups in total. The van der Waals surface area contributed by atoms with Gasteiger partial charge in [-0.05, 0) is 42.2 Å². The topological polar surface area (TPSA) is 132 Å². The fourth-order valence-corrected chi connectivity index (χ4v) is 5.30. The van der Waals surface area contributed by atoms with E-state index >= 15 is 0 Å². The molecule has 0 spiro atoms. The van der Waals surface area contributed by atoms with Gasteiger partial charge < -0.3 is 34.1 Å². The molecule has 3 aromatic rings. The van der Waals surface area contributed by atoms with Crippen molar-refractivity contribution in [2.24, 2.45) is 5.92 Å². The number of benzene rings is 1. The van der Waals surface area contributed by atoms with E-state index in [1.807, 2.05) is 13.0 Å². The Balaban J connectivity index is 1.51. The molecular weight excluding hydrogens is 540 g/mol. The summed E-state index contributed by atoms with van der Waals surface area (Å²) in [6.07, 6.45) is 0.501. The van der Waals surface area contributed by atoms with Crippen LogP contribution in [-0.4, -0.2) is 64.4 Å². The van der Waals surface area contributed by atoms with Crippen molar-refractivity contribution in [2.45, 2.75) is 60.0 Å². The summed E-state index contributed by atoms with van der Waals surface area (Å²) in [6.45, 7) is 9.06. The van der Waals surface area contributed by atoms with Crippen LogP contribution in [0.15, 0.2) is 29.1 Å². The monoisotopic (exact) mass is 578 g/mol. The molecule has 224 valence electrons. The van der Waals surface area contributed by atoms with Crippen molar-refractivity contribution >= 4 is 23.0 Å². The lowest BCUT2D eigenvalue weighted by Crippen LogP contribution is -2.47. The smallest absolute Gasteiger partial charge is 0.415 e. The Morgan fingerprint density at radius 2 is 1.90 bits per heavy atom. The van der Waals surface area contributed by atoms with Gasteiger partial charge in [0.2, 0.25) is 0 Å². The third-order valence-corrected chi connectivity index (χ3v) is 7.48. The minimum Gasteiger partial charge on any atom is -0.461 e. The second kappa shape index (κ2) is 13.0. The number of aliphatic hydroxyl groups excluding tert-OH is 1. The van der Waals surface area contributed by atoms with Gasteiger partial charge in [0, 0.05) is 55.7 Å². The first-order chi connectivity index (χ1) is 20.3. The number of amides is 1. The van der Waals surface area contributed by atoms with Crippen LogP contribution >= 0.6 is 0 Å². The quantitative estimate of drug-likeness (QED) is 0.272. The molecule has 0 aliphatic carbocycles. The Morgan fingerprint density at radius 1 is 1.12 bits per heavy atom. The molecule has 11 nitrogen and oxygen atoms in total. The molecule has 0 saturated carbocycles. The lowest BCUT2D eigenvalue weighted by Gasteiger charge is -2.27. The number of ether oxygens (including phenoxy) is 3. The van der Waals surface area contributed by atoms with Crippen LogP contribution in [0.1, 0.15) is 55.9 Å². The van der Waals surface area contributed by atoms with Crippen molar-refractivity contribution in [2.75, 3.05) is 32.8 Å². The number of aromatic nitrogens is 2. The van der Waals surface area contributed by atoms with Gasteiger partial charge in [0.1, 0.15) is 12.4 Å². The molecule has 5 rings (SSSR count). The van der Waals surface area contributed by atoms with Crippen LogP contribution in [0.5, 0.6) is 5.75 Å². The van der Waals surface area contributed by atoms with E-state index in [0.29, 0.717) is 73.3 Å². The van der Waals surface area contributed by atoms with Crippen molar-refractivity contribution in [1.29, 1.82) is 0 Å². The number of pyridine rings is 2. The lowest BCUT2D eigenvalue weighted by atomic mass is 10.0. The van der Waals surface area contributed by atoms with Crippen LogP contribution in [0.25, 0.3) is 22.3 Å². The number of hydrogen-bond donors (Lipinski definition) is 2. The minimum absolute atomic E-state index is 0.196. The third kappa shape index (κ3) is 6.18. The molecule has 0 radical (unpaired) electrons. The molecule has 0 unspecified atom stereocenters. The number of carbonyl (C=O) groups is 2. The average Bonchev–Trinajstić information content (AvgIpc) is 3.34. The predicted octanol–water partition coefficient (Wildman–Crippen LogP) is 3.34. The van der Waals surface area contributed by atoms with Gasteiger partial charge in [-0.3, -0.25) is 9.59 Å². The molecule has 1 amide bonds. The molecule has 1 aromatic carbocycles. The van der Waals surface area contributed by atoms with Crippen molar-refractivity contribution in [3.63, 3.8) is 0 Å². The Morgan fingerprint density at radius 3 is 2.62 bits per heavy atom. The van der Waals surface area contributed by atoms with Crippen LogP contribution in [0.3, 0.4) is 0 Å². The summed E-state index contributed by atoms with van der Waals surface area (Å²) in [7, 11) is 0.